The van der Waals surface area contributed by atoms with Gasteiger partial charge < -0.3 is 39.6 Å². The lowest BCUT2D eigenvalue weighted by atomic mass is 9.90. The minimum absolute atomic E-state index is 0.0863. The minimum Gasteiger partial charge on any atom is -0.465 e. The molecule has 11 heteroatoms. The molecule has 3 aromatic rings. The molecule has 2 fully saturated rings. The number of amides is 2. The molecule has 53 heavy (non-hydrogen) atoms. The summed E-state index contributed by atoms with van der Waals surface area (Å²) < 4.78 is 30.2. The largest absolute Gasteiger partial charge is 0.465 e. The molecule has 0 bridgehead atoms. The highest BCUT2D eigenvalue weighted by molar-refractivity contribution is 5.86. The van der Waals surface area contributed by atoms with Crippen LogP contribution in [0.25, 0.3) is 10.8 Å². The molecule has 0 radical (unpaired) electrons. The highest BCUT2D eigenvalue weighted by Gasteiger charge is 2.47. The van der Waals surface area contributed by atoms with Gasteiger partial charge >= 0.3 is 18.2 Å². The summed E-state index contributed by atoms with van der Waals surface area (Å²) in [5.41, 5.74) is 1.99. The predicted molar refractivity (Wildman–Crippen MR) is 203 cm³/mol. The molecule has 2 aliphatic heterocycles. The van der Waals surface area contributed by atoms with Crippen LogP contribution in [0.1, 0.15) is 89.7 Å². The van der Waals surface area contributed by atoms with E-state index in [4.69, 9.17) is 23.7 Å². The predicted octanol–water partition coefficient (Wildman–Crippen LogP) is 7.54. The van der Waals surface area contributed by atoms with Gasteiger partial charge in [0, 0.05) is 32.4 Å². The zero-order valence-electron chi connectivity index (χ0n) is 31.5. The second-order valence-corrected chi connectivity index (χ2v) is 14.6. The molecule has 2 heterocycles. The molecule has 0 saturated carbocycles. The Bertz CT molecular complexity index is 1600. The Kier molecular flexibility index (Phi) is 15.3. The van der Waals surface area contributed by atoms with Crippen molar-refractivity contribution in [3.63, 3.8) is 0 Å². The van der Waals surface area contributed by atoms with Crippen molar-refractivity contribution in [1.82, 2.24) is 16.0 Å². The second-order valence-electron chi connectivity index (χ2n) is 14.6. The topological polar surface area (TPSA) is 133 Å². The van der Waals surface area contributed by atoms with Gasteiger partial charge in [-0.1, -0.05) is 86.6 Å². The number of hydrogen-bond acceptors (Lipinski definition) is 9. The Morgan fingerprint density at radius 2 is 1.62 bits per heavy atom. The monoisotopic (exact) mass is 731 g/mol. The molecule has 288 valence electrons. The van der Waals surface area contributed by atoms with E-state index in [1.165, 1.54) is 0 Å². The fourth-order valence-electron chi connectivity index (χ4n) is 7.21. The number of carbonyl (C=O) groups excluding carboxylic acids is 3. The highest BCUT2D eigenvalue weighted by atomic mass is 16.7. The van der Waals surface area contributed by atoms with Crippen molar-refractivity contribution in [2.75, 3.05) is 19.8 Å². The van der Waals surface area contributed by atoms with Crippen molar-refractivity contribution in [3.05, 3.63) is 83.9 Å². The molecule has 3 aromatic carbocycles. The maximum atomic E-state index is 13.2. The Labute approximate surface area is 313 Å². The lowest BCUT2D eigenvalue weighted by molar-refractivity contribution is -0.329. The van der Waals surface area contributed by atoms with Gasteiger partial charge in [0.2, 0.25) is 0 Å². The first-order chi connectivity index (χ1) is 25.7. The van der Waals surface area contributed by atoms with Crippen LogP contribution in [0.4, 0.5) is 9.59 Å². The van der Waals surface area contributed by atoms with Gasteiger partial charge in [-0.3, -0.25) is 4.79 Å². The molecule has 2 amide bonds. The van der Waals surface area contributed by atoms with Crippen LogP contribution in [0.2, 0.25) is 0 Å². The molecule has 0 aliphatic carbocycles. The van der Waals surface area contributed by atoms with Gasteiger partial charge in [0.15, 0.2) is 5.79 Å². The summed E-state index contributed by atoms with van der Waals surface area (Å²) in [6, 6.07) is 23.4. The van der Waals surface area contributed by atoms with Crippen molar-refractivity contribution in [1.29, 1.82) is 0 Å². The van der Waals surface area contributed by atoms with Crippen molar-refractivity contribution in [2.45, 2.75) is 122 Å². The van der Waals surface area contributed by atoms with Crippen LogP contribution in [0.15, 0.2) is 72.8 Å². The zero-order valence-corrected chi connectivity index (χ0v) is 31.5. The molecule has 1 spiro atoms. The van der Waals surface area contributed by atoms with E-state index in [0.717, 1.165) is 41.2 Å². The number of hydrogen-bond donors (Lipinski definition) is 3. The summed E-state index contributed by atoms with van der Waals surface area (Å²) >= 11 is 0. The number of benzene rings is 3. The van der Waals surface area contributed by atoms with Crippen molar-refractivity contribution >= 4 is 28.9 Å². The van der Waals surface area contributed by atoms with Crippen molar-refractivity contribution < 1.29 is 38.1 Å². The lowest BCUT2D eigenvalue weighted by Gasteiger charge is -2.47. The fraction of sp³-hybridized carbons (Fsp3) is 0.548. The van der Waals surface area contributed by atoms with Crippen molar-refractivity contribution in [2.24, 2.45) is 5.92 Å². The summed E-state index contributed by atoms with van der Waals surface area (Å²) in [6.07, 6.45) is 4.06. The lowest BCUT2D eigenvalue weighted by Crippen LogP contribution is -2.53. The summed E-state index contributed by atoms with van der Waals surface area (Å²) in [5, 5.41) is 11.3. The third-order valence-electron chi connectivity index (χ3n) is 9.87. The summed E-state index contributed by atoms with van der Waals surface area (Å²) in [7, 11) is 0. The van der Waals surface area contributed by atoms with Gasteiger partial charge in [-0.05, 0) is 79.8 Å². The summed E-state index contributed by atoms with van der Waals surface area (Å²) in [5.74, 6) is -0.717. The first-order valence-corrected chi connectivity index (χ1v) is 19.3. The second kappa shape index (κ2) is 20.3. The molecule has 5 atom stereocenters. The van der Waals surface area contributed by atoms with Crippen LogP contribution in [0, 0.1) is 5.92 Å². The highest BCUT2D eigenvalue weighted by Crippen LogP contribution is 2.41. The summed E-state index contributed by atoms with van der Waals surface area (Å²) in [4.78, 5) is 38.4. The number of ether oxygens (including phenoxy) is 5. The van der Waals surface area contributed by atoms with E-state index >= 15 is 0 Å². The SMILES string of the molecule is CCOC(=O)[C@H](CCC(C)C)NCCC[C@@H]1C[C@@H](OC(=O)NCc2cccc3ccccc23)C[C@@]2(CCC[C@H](COC(=O)NCc3ccccc3)O2)O1. The Hall–Kier alpha value is -4.19. The quantitative estimate of drug-likeness (QED) is 0.0732. The number of alkyl carbamates (subject to hydrolysis) is 2. The standard InChI is InChI=1S/C42H57N3O8/c1-4-49-39(46)38(22-21-30(2)3)43-24-12-19-34-25-36(51-41(48)45-28-33-17-10-16-32-15-8-9-20-37(32)33)26-42(52-34)23-11-18-35(53-42)29-50-40(47)44-27-31-13-6-5-7-14-31/h5-10,13-17,20,30,34-36,38,43H,4,11-12,18-19,21-29H2,1-3H3,(H,44,47)(H,45,48)/t34-,35-,36-,38+,42+/m1/s1. The Morgan fingerprint density at radius 1 is 0.868 bits per heavy atom. The van der Waals surface area contributed by atoms with Crippen LogP contribution in [-0.2, 0) is 41.6 Å². The molecule has 2 aliphatic rings. The average Bonchev–Trinajstić information content (AvgIpc) is 3.15. The van der Waals surface area contributed by atoms with E-state index in [2.05, 4.69) is 41.9 Å². The van der Waals surface area contributed by atoms with E-state index in [9.17, 15) is 14.4 Å². The van der Waals surface area contributed by atoms with E-state index in [1.54, 1.807) is 0 Å². The van der Waals surface area contributed by atoms with Crippen LogP contribution in [0.5, 0.6) is 0 Å². The molecule has 0 aromatic heterocycles. The van der Waals surface area contributed by atoms with Gasteiger partial charge in [-0.2, -0.15) is 0 Å². The first-order valence-electron chi connectivity index (χ1n) is 19.3. The number of nitrogens with one attached hydrogen (secondary N) is 3. The molecule has 11 nitrogen and oxygen atoms in total. The van der Waals surface area contributed by atoms with Crippen LogP contribution >= 0.6 is 0 Å². The van der Waals surface area contributed by atoms with Crippen LogP contribution in [0.3, 0.4) is 0 Å². The van der Waals surface area contributed by atoms with Crippen LogP contribution < -0.4 is 16.0 Å². The fourth-order valence-corrected chi connectivity index (χ4v) is 7.21. The first kappa shape index (κ1) is 40.0. The van der Waals surface area contributed by atoms with E-state index < -0.39 is 24.1 Å². The van der Waals surface area contributed by atoms with E-state index in [-0.39, 0.29) is 30.8 Å². The maximum Gasteiger partial charge on any atom is 0.407 e. The van der Waals surface area contributed by atoms with E-state index in [1.807, 2.05) is 67.6 Å². The van der Waals surface area contributed by atoms with Crippen LogP contribution in [-0.4, -0.2) is 68.1 Å². The number of fused-ring (bicyclic) bond motifs is 1. The summed E-state index contributed by atoms with van der Waals surface area (Å²) in [6.45, 7) is 7.86. The Balaban J connectivity index is 1.19. The average molecular weight is 732 g/mol. The van der Waals surface area contributed by atoms with E-state index in [0.29, 0.717) is 70.7 Å². The molecule has 0 unspecified atom stereocenters. The normalized spacial score (nSPS) is 21.9. The number of esters is 1. The molecular weight excluding hydrogens is 674 g/mol. The zero-order chi connectivity index (χ0) is 37.5. The van der Waals surface area contributed by atoms with Gasteiger partial charge in [0.25, 0.3) is 0 Å². The molecule has 3 N–H and O–H groups in total. The number of carbonyl (C=O) groups is 3. The smallest absolute Gasteiger partial charge is 0.407 e. The molecule has 2 saturated heterocycles. The Morgan fingerprint density at radius 3 is 2.43 bits per heavy atom. The molecular formula is C42H57N3O8. The number of rotatable bonds is 17. The minimum atomic E-state index is -0.978. The van der Waals surface area contributed by atoms with Gasteiger partial charge in [0.1, 0.15) is 18.8 Å². The van der Waals surface area contributed by atoms with Gasteiger partial charge in [-0.15, -0.1) is 0 Å². The third kappa shape index (κ3) is 12.7. The maximum absolute atomic E-state index is 13.2. The van der Waals surface area contributed by atoms with Gasteiger partial charge in [0.05, 0.1) is 18.8 Å². The molecule has 5 rings (SSSR count). The van der Waals surface area contributed by atoms with Gasteiger partial charge in [-0.25, -0.2) is 9.59 Å². The van der Waals surface area contributed by atoms with Crippen molar-refractivity contribution in [3.8, 4) is 0 Å². The third-order valence-corrected chi connectivity index (χ3v) is 9.87.